The molecule has 7 atom stereocenters. The Morgan fingerprint density at radius 1 is 0.703 bits per heavy atom. The summed E-state index contributed by atoms with van der Waals surface area (Å²) < 4.78 is 5.73. The third kappa shape index (κ3) is 13.8. The fourth-order valence-corrected chi connectivity index (χ4v) is 16.8. The number of fused-ring (bicyclic) bond motifs is 16. The minimum absolute atomic E-state index is 0.00198. The Balaban J connectivity index is 0.919. The van der Waals surface area contributed by atoms with Gasteiger partial charge in [-0.3, -0.25) is 33.6 Å². The predicted molar refractivity (Wildman–Crippen MR) is 341 cm³/mol. The lowest BCUT2D eigenvalue weighted by atomic mass is 9.87. The summed E-state index contributed by atoms with van der Waals surface area (Å²) >= 11 is 7.09. The van der Waals surface area contributed by atoms with Gasteiger partial charge in [0.25, 0.3) is 11.8 Å². The highest BCUT2D eigenvalue weighted by atomic mass is 32.1. The highest BCUT2D eigenvalue weighted by Crippen LogP contribution is 2.44. The summed E-state index contributed by atoms with van der Waals surface area (Å²) in [5.41, 5.74) is 9.36. The zero-order chi connectivity index (χ0) is 63.8. The predicted octanol–water partition coefficient (Wildman–Crippen LogP) is 8.90. The van der Waals surface area contributed by atoms with Crippen LogP contribution < -0.4 is 16.4 Å². The third-order valence-electron chi connectivity index (χ3n) is 16.2. The van der Waals surface area contributed by atoms with Crippen molar-refractivity contribution in [2.45, 2.75) is 108 Å². The van der Waals surface area contributed by atoms with E-state index in [9.17, 15) is 49.2 Å². The number of nitrogens with two attached hydrogens (primary N) is 1. The van der Waals surface area contributed by atoms with Gasteiger partial charge in [-0.15, -0.1) is 68.0 Å². The summed E-state index contributed by atoms with van der Waals surface area (Å²) in [6.07, 6.45) is -1.78. The van der Waals surface area contributed by atoms with Crippen molar-refractivity contribution in [2.24, 2.45) is 17.6 Å². The molecule has 4 amide bonds. The maximum absolute atomic E-state index is 15.2. The van der Waals surface area contributed by atoms with E-state index < -0.39 is 89.4 Å². The molecule has 91 heavy (non-hydrogen) atoms. The molecule has 1 saturated heterocycles. The number of aliphatic hydroxyl groups excluding tert-OH is 2. The SMILES string of the molecule is Cc1sc2nc1C(=O)C[C@@H]([C@H](O)c1ccccc1)c1nc(cs1)C(=O)N[C@@H](Cc1ccc(O)cc1)C(=O)N1C[C@H](O)[C@H](C)[C@H]1c1nc(cs1)-c1nc(cs1)-c1nc(-c3nc(CC(=O)OC4CCC(C(=O)O)CC4)cs3)ccc1-c1nc(cs1)C(=O)N[C@H]2CC(N)=O. The summed E-state index contributed by atoms with van der Waals surface area (Å²) in [7, 11) is 0. The third-order valence-corrected chi connectivity index (χ3v) is 21.8. The molecule has 1 aliphatic carbocycles. The molecule has 3 aliphatic rings. The fraction of sp³-hybridized carbons (Fsp3) is 0.323. The molecule has 23 nitrogen and oxygen atoms in total. The first kappa shape index (κ1) is 62.8. The number of ether oxygens (including phenoxy) is 1. The van der Waals surface area contributed by atoms with Crippen LogP contribution in [0.3, 0.4) is 0 Å². The van der Waals surface area contributed by atoms with Gasteiger partial charge in [0.1, 0.15) is 77.1 Å². The minimum atomic E-state index is -1.31. The van der Waals surface area contributed by atoms with Crippen LogP contribution in [-0.2, 0) is 36.8 Å². The summed E-state index contributed by atoms with van der Waals surface area (Å²) in [5, 5.41) is 59.6. The van der Waals surface area contributed by atoms with Crippen molar-refractivity contribution in [3.05, 3.63) is 147 Å². The van der Waals surface area contributed by atoms with Crippen LogP contribution in [0.15, 0.2) is 93.6 Å². The summed E-state index contributed by atoms with van der Waals surface area (Å²) in [6.45, 7) is 3.40. The minimum Gasteiger partial charge on any atom is -0.508 e. The number of amides is 4. The average Bonchev–Trinajstić information content (AvgIpc) is 1.73. The number of aliphatic hydroxyl groups is 2. The molecule has 2 fully saturated rings. The number of phenols is 1. The Hall–Kier alpha value is -8.42. The number of aromatic nitrogens is 7. The summed E-state index contributed by atoms with van der Waals surface area (Å²) in [5.74, 6) is -6.53. The number of carbonyl (C=O) groups excluding carboxylic acids is 6. The molecule has 468 valence electrons. The monoisotopic (exact) mass is 1340 g/mol. The number of rotatable bonds is 11. The zero-order valence-electron chi connectivity index (χ0n) is 48.5. The van der Waals surface area contributed by atoms with Gasteiger partial charge in [0, 0.05) is 68.6 Å². The van der Waals surface area contributed by atoms with Crippen LogP contribution >= 0.6 is 68.0 Å². The van der Waals surface area contributed by atoms with E-state index in [-0.39, 0.29) is 71.2 Å². The molecule has 0 spiro atoms. The van der Waals surface area contributed by atoms with Crippen LogP contribution in [0.1, 0.15) is 138 Å². The molecule has 1 saturated carbocycles. The van der Waals surface area contributed by atoms with Crippen molar-refractivity contribution in [3.8, 4) is 49.1 Å². The van der Waals surface area contributed by atoms with E-state index in [1.807, 2.05) is 6.92 Å². The Kier molecular flexibility index (Phi) is 18.5. The lowest BCUT2D eigenvalue weighted by molar-refractivity contribution is -0.152. The Bertz CT molecular complexity index is 4230. The first-order valence-electron chi connectivity index (χ1n) is 28.9. The number of nitrogens with one attached hydrogen (secondary N) is 2. The van der Waals surface area contributed by atoms with Crippen LogP contribution in [0.2, 0.25) is 0 Å². The van der Waals surface area contributed by atoms with Crippen LogP contribution in [0.4, 0.5) is 0 Å². The second-order valence-corrected chi connectivity index (χ2v) is 28.0. The van der Waals surface area contributed by atoms with Crippen molar-refractivity contribution in [2.75, 3.05) is 6.54 Å². The second-order valence-electron chi connectivity index (χ2n) is 22.4. The number of aromatic hydroxyl groups is 1. The first-order chi connectivity index (χ1) is 43.8. The van der Waals surface area contributed by atoms with Gasteiger partial charge in [0.2, 0.25) is 11.8 Å². The van der Waals surface area contributed by atoms with Crippen molar-refractivity contribution in [1.82, 2.24) is 50.4 Å². The van der Waals surface area contributed by atoms with Crippen LogP contribution in [0.5, 0.6) is 5.75 Å². The topological polar surface area (TPSA) is 353 Å². The van der Waals surface area contributed by atoms with Crippen LogP contribution in [0.25, 0.3) is 43.4 Å². The standard InChI is InChI=1S/C62H57N11O12S6/c1-28-46(76)22-73-51(28)60-71-44(27-90-60)58-68-41(24-89-58)50-36(16-17-38(65-50)57-64-33(23-86-57)19-48(78)85-35-14-10-32(11-15-35)62(83)84)55-69-42(25-87-55)53(80)66-39(21-47(63)77)59-72-49(29(2)91-59)45(75)20-37(52(79)31-6-4-3-5-7-31)56-70-43(26-88-56)54(81)67-40(61(73)82)18-30-8-12-34(74)13-9-30/h3-9,12-13,16-17,23-28,32,35,37,39-40,46,51-52,74,76,79H,10-11,14-15,18-22H2,1-2H3,(H2,63,77)(H,66,80)(H,67,81)(H,83,84)/t28-,32?,35?,37-,39-,40-,46-,51-,52+/m0/s1. The lowest BCUT2D eigenvalue weighted by Gasteiger charge is -2.29. The molecule has 12 rings (SSSR count). The highest BCUT2D eigenvalue weighted by Gasteiger charge is 2.46. The normalized spacial score (nSPS) is 21.7. The number of primary amides is 1. The number of benzene rings is 2. The lowest BCUT2D eigenvalue weighted by Crippen LogP contribution is -2.50. The number of aliphatic carboxylic acids is 1. The number of pyridine rings is 1. The number of hydrogen-bond acceptors (Lipinski definition) is 24. The van der Waals surface area contributed by atoms with E-state index in [4.69, 9.17) is 45.4 Å². The zero-order valence-corrected chi connectivity index (χ0v) is 53.4. The largest absolute Gasteiger partial charge is 0.508 e. The van der Waals surface area contributed by atoms with Gasteiger partial charge >= 0.3 is 11.9 Å². The number of thiazole rings is 6. The molecule has 10 bridgehead atoms. The molecular weight excluding hydrogens is 1280 g/mol. The van der Waals surface area contributed by atoms with Crippen LogP contribution in [-0.4, -0.2) is 126 Å². The number of Topliss-reactive ketones (excluding diaryl/α,β-unsaturated/α-hetero) is 1. The van der Waals surface area contributed by atoms with Crippen LogP contribution in [0, 0.1) is 18.8 Å². The number of esters is 1. The van der Waals surface area contributed by atoms with Crippen molar-refractivity contribution in [3.63, 3.8) is 0 Å². The van der Waals surface area contributed by atoms with Crippen molar-refractivity contribution >= 4 is 109 Å². The molecule has 9 aromatic rings. The highest BCUT2D eigenvalue weighted by molar-refractivity contribution is 7.15. The molecule has 29 heteroatoms. The summed E-state index contributed by atoms with van der Waals surface area (Å²) in [4.78, 5) is 132. The average molecular weight is 1340 g/mol. The molecule has 7 aromatic heterocycles. The van der Waals surface area contributed by atoms with Gasteiger partial charge in [0.15, 0.2) is 5.78 Å². The number of carbonyl (C=O) groups is 7. The number of phenolic OH excluding ortho intramolecular Hbond substituents is 1. The number of carboxylic acids is 1. The van der Waals surface area contributed by atoms with E-state index in [0.29, 0.717) is 95.8 Å². The molecule has 2 aromatic carbocycles. The number of carboxylic acid groups (broad SMARTS) is 1. The van der Waals surface area contributed by atoms with E-state index in [1.165, 1.54) is 56.4 Å². The van der Waals surface area contributed by atoms with E-state index >= 15 is 4.79 Å². The first-order valence-corrected chi connectivity index (χ1v) is 34.1. The maximum atomic E-state index is 15.2. The Labute approximate surface area is 543 Å². The van der Waals surface area contributed by atoms with Gasteiger partial charge in [-0.1, -0.05) is 49.4 Å². The maximum Gasteiger partial charge on any atom is 0.312 e. The number of aryl methyl sites for hydroxylation is 1. The second kappa shape index (κ2) is 26.8. The molecular formula is C62H57N11O12S6. The van der Waals surface area contributed by atoms with Gasteiger partial charge < -0.3 is 46.4 Å². The van der Waals surface area contributed by atoms with E-state index in [2.05, 4.69) is 10.6 Å². The molecule has 0 unspecified atom stereocenters. The van der Waals surface area contributed by atoms with Gasteiger partial charge in [0.05, 0.1) is 59.4 Å². The summed E-state index contributed by atoms with van der Waals surface area (Å²) in [6, 6.07) is 15.3. The number of hydrogen-bond donors (Lipinski definition) is 7. The van der Waals surface area contributed by atoms with Crippen molar-refractivity contribution in [1.29, 1.82) is 0 Å². The Morgan fingerprint density at radius 3 is 2.10 bits per heavy atom. The van der Waals surface area contributed by atoms with Gasteiger partial charge in [-0.05, 0) is 68.0 Å². The number of ketones is 1. The fourth-order valence-electron chi connectivity index (χ4n) is 11.4. The smallest absolute Gasteiger partial charge is 0.312 e. The quantitative estimate of drug-likeness (QED) is 0.0594. The molecule has 0 radical (unpaired) electrons. The van der Waals surface area contributed by atoms with Crippen molar-refractivity contribution < 1.29 is 58.7 Å². The Morgan fingerprint density at radius 2 is 1.35 bits per heavy atom. The van der Waals surface area contributed by atoms with E-state index in [0.717, 1.165) is 34.0 Å². The van der Waals surface area contributed by atoms with E-state index in [1.54, 1.807) is 83.0 Å². The number of nitrogens with zero attached hydrogens (tertiary/aromatic N) is 8. The molecule has 2 aliphatic heterocycles. The van der Waals surface area contributed by atoms with Gasteiger partial charge in [-0.25, -0.2) is 34.9 Å². The van der Waals surface area contributed by atoms with Gasteiger partial charge in [-0.2, -0.15) is 0 Å². The molecule has 8 N–H and O–H groups in total. The molecule has 9 heterocycles.